The first-order chi connectivity index (χ1) is 12.6. The van der Waals surface area contributed by atoms with Gasteiger partial charge in [0.2, 0.25) is 0 Å². The Labute approximate surface area is 161 Å². The number of aryl methyl sites for hydroxylation is 2. The van der Waals surface area contributed by atoms with Crippen molar-refractivity contribution in [2.24, 2.45) is 0 Å². The molecule has 26 heavy (non-hydrogen) atoms. The highest BCUT2D eigenvalue weighted by Gasteiger charge is 2.30. The van der Waals surface area contributed by atoms with Crippen molar-refractivity contribution in [3.05, 3.63) is 63.1 Å². The zero-order chi connectivity index (χ0) is 18.1. The molecule has 4 rings (SSSR count). The van der Waals surface area contributed by atoms with Gasteiger partial charge < -0.3 is 4.57 Å². The van der Waals surface area contributed by atoms with Crippen LogP contribution in [-0.4, -0.2) is 26.3 Å². The lowest BCUT2D eigenvalue weighted by atomic mass is 10.0. The molecular formula is C20H21N3OS2. The van der Waals surface area contributed by atoms with Gasteiger partial charge in [0.1, 0.15) is 5.82 Å². The molecule has 0 radical (unpaired) electrons. The predicted molar refractivity (Wildman–Crippen MR) is 106 cm³/mol. The average Bonchev–Trinajstić information content (AvgIpc) is 3.18. The number of ketones is 1. The highest BCUT2D eigenvalue weighted by Crippen LogP contribution is 2.39. The first kappa shape index (κ1) is 17.5. The SMILES string of the molecule is Cc1ccc(C)c(C(=O)CSc2nnc(Cc3cccs3)n2C2CC2)c1. The number of nitrogens with zero attached hydrogens (tertiary/aromatic N) is 3. The maximum absolute atomic E-state index is 12.7. The molecule has 0 saturated heterocycles. The number of carbonyl (C=O) groups excluding carboxylic acids is 1. The first-order valence-electron chi connectivity index (χ1n) is 8.81. The zero-order valence-electron chi connectivity index (χ0n) is 14.9. The molecule has 0 unspecified atom stereocenters. The summed E-state index contributed by atoms with van der Waals surface area (Å²) in [4.78, 5) is 14.0. The van der Waals surface area contributed by atoms with E-state index in [1.807, 2.05) is 32.0 Å². The van der Waals surface area contributed by atoms with E-state index in [1.165, 1.54) is 29.5 Å². The maximum Gasteiger partial charge on any atom is 0.191 e. The van der Waals surface area contributed by atoms with Crippen LogP contribution in [-0.2, 0) is 6.42 Å². The van der Waals surface area contributed by atoms with E-state index in [0.29, 0.717) is 11.8 Å². The van der Waals surface area contributed by atoms with Gasteiger partial charge in [-0.15, -0.1) is 21.5 Å². The lowest BCUT2D eigenvalue weighted by Gasteiger charge is -2.09. The number of thioether (sulfide) groups is 1. The molecule has 0 N–H and O–H groups in total. The van der Waals surface area contributed by atoms with Crippen molar-refractivity contribution in [2.75, 3.05) is 5.75 Å². The third-order valence-corrected chi connectivity index (χ3v) is 6.40. The number of rotatable bonds is 7. The van der Waals surface area contributed by atoms with E-state index < -0.39 is 0 Å². The van der Waals surface area contributed by atoms with E-state index in [-0.39, 0.29) is 5.78 Å². The van der Waals surface area contributed by atoms with Crippen molar-refractivity contribution in [2.45, 2.75) is 44.3 Å². The summed E-state index contributed by atoms with van der Waals surface area (Å²) in [5.41, 5.74) is 2.96. The van der Waals surface area contributed by atoms with E-state index in [4.69, 9.17) is 0 Å². The molecule has 0 atom stereocenters. The molecule has 2 aromatic heterocycles. The summed E-state index contributed by atoms with van der Waals surface area (Å²) in [7, 11) is 0. The Bertz CT molecular complexity index is 927. The number of thiophene rings is 1. The topological polar surface area (TPSA) is 47.8 Å². The van der Waals surface area contributed by atoms with Crippen LogP contribution in [0, 0.1) is 13.8 Å². The van der Waals surface area contributed by atoms with Crippen molar-refractivity contribution in [1.82, 2.24) is 14.8 Å². The molecule has 1 aromatic carbocycles. The minimum atomic E-state index is 0.154. The number of Topliss-reactive ketones (excluding diaryl/α,β-unsaturated/α-hetero) is 1. The second kappa shape index (κ2) is 7.37. The van der Waals surface area contributed by atoms with Crippen LogP contribution in [0.4, 0.5) is 0 Å². The van der Waals surface area contributed by atoms with E-state index in [1.54, 1.807) is 11.3 Å². The van der Waals surface area contributed by atoms with Crippen molar-refractivity contribution >= 4 is 28.9 Å². The summed E-state index contributed by atoms with van der Waals surface area (Å²) in [5.74, 6) is 1.56. The third kappa shape index (κ3) is 3.76. The highest BCUT2D eigenvalue weighted by atomic mass is 32.2. The van der Waals surface area contributed by atoms with Gasteiger partial charge in [-0.1, -0.05) is 35.5 Å². The lowest BCUT2D eigenvalue weighted by Crippen LogP contribution is -2.08. The zero-order valence-corrected chi connectivity index (χ0v) is 16.6. The Morgan fingerprint density at radius 3 is 2.85 bits per heavy atom. The highest BCUT2D eigenvalue weighted by molar-refractivity contribution is 7.99. The molecule has 6 heteroatoms. The van der Waals surface area contributed by atoms with Crippen LogP contribution in [0.1, 0.15) is 51.1 Å². The fourth-order valence-electron chi connectivity index (χ4n) is 3.04. The number of hydrogen-bond donors (Lipinski definition) is 0. The molecular weight excluding hydrogens is 362 g/mol. The number of benzene rings is 1. The smallest absolute Gasteiger partial charge is 0.191 e. The predicted octanol–water partition coefficient (Wildman–Crippen LogP) is 4.86. The molecule has 1 aliphatic carbocycles. The van der Waals surface area contributed by atoms with Gasteiger partial charge >= 0.3 is 0 Å². The van der Waals surface area contributed by atoms with Crippen LogP contribution in [0.3, 0.4) is 0 Å². The Morgan fingerprint density at radius 1 is 1.27 bits per heavy atom. The molecule has 0 amide bonds. The monoisotopic (exact) mass is 383 g/mol. The van der Waals surface area contributed by atoms with Crippen molar-refractivity contribution in [3.8, 4) is 0 Å². The standard InChI is InChI=1S/C20H21N3OS2/c1-13-5-6-14(2)17(10-13)18(24)12-26-20-22-21-19(23(20)15-7-8-15)11-16-4-3-9-25-16/h3-6,9-10,15H,7-8,11-12H2,1-2H3. The minimum Gasteiger partial charge on any atom is -0.303 e. The van der Waals surface area contributed by atoms with Gasteiger partial charge in [0.25, 0.3) is 0 Å². The van der Waals surface area contributed by atoms with Gasteiger partial charge in [-0.2, -0.15) is 0 Å². The summed E-state index contributed by atoms with van der Waals surface area (Å²) in [5, 5.41) is 11.8. The van der Waals surface area contributed by atoms with Gasteiger partial charge in [0.15, 0.2) is 10.9 Å². The van der Waals surface area contributed by atoms with Gasteiger partial charge in [0, 0.05) is 22.9 Å². The lowest BCUT2D eigenvalue weighted by molar-refractivity contribution is 0.102. The molecule has 1 aliphatic rings. The molecule has 4 nitrogen and oxygen atoms in total. The summed E-state index contributed by atoms with van der Waals surface area (Å²) in [6.45, 7) is 4.01. The molecule has 3 aromatic rings. The second-order valence-electron chi connectivity index (χ2n) is 6.79. The van der Waals surface area contributed by atoms with Crippen molar-refractivity contribution in [3.63, 3.8) is 0 Å². The van der Waals surface area contributed by atoms with E-state index in [2.05, 4.69) is 32.3 Å². The fraction of sp³-hybridized carbons (Fsp3) is 0.350. The summed E-state index contributed by atoms with van der Waals surface area (Å²) in [6.07, 6.45) is 3.16. The summed E-state index contributed by atoms with van der Waals surface area (Å²) < 4.78 is 2.25. The molecule has 0 spiro atoms. The molecule has 134 valence electrons. The average molecular weight is 384 g/mol. The molecule has 0 bridgehead atoms. The molecule has 1 saturated carbocycles. The fourth-order valence-corrected chi connectivity index (χ4v) is 4.65. The van der Waals surface area contributed by atoms with Crippen LogP contribution in [0.15, 0.2) is 40.9 Å². The number of carbonyl (C=O) groups is 1. The van der Waals surface area contributed by atoms with Gasteiger partial charge in [0.05, 0.1) is 5.75 Å². The van der Waals surface area contributed by atoms with Crippen LogP contribution < -0.4 is 0 Å². The maximum atomic E-state index is 12.7. The Morgan fingerprint density at radius 2 is 2.12 bits per heavy atom. The Balaban J connectivity index is 1.50. The van der Waals surface area contributed by atoms with Gasteiger partial charge in [-0.3, -0.25) is 4.79 Å². The van der Waals surface area contributed by atoms with Crippen LogP contribution in [0.25, 0.3) is 0 Å². The molecule has 0 aliphatic heterocycles. The molecule has 2 heterocycles. The number of hydrogen-bond acceptors (Lipinski definition) is 5. The normalized spacial score (nSPS) is 13.9. The molecule has 1 fully saturated rings. The summed E-state index contributed by atoms with van der Waals surface area (Å²) in [6, 6.07) is 10.7. The van der Waals surface area contributed by atoms with E-state index >= 15 is 0 Å². The third-order valence-electron chi connectivity index (χ3n) is 4.59. The van der Waals surface area contributed by atoms with Crippen molar-refractivity contribution in [1.29, 1.82) is 0 Å². The quantitative estimate of drug-likeness (QED) is 0.432. The van der Waals surface area contributed by atoms with E-state index in [9.17, 15) is 4.79 Å². The van der Waals surface area contributed by atoms with E-state index in [0.717, 1.165) is 34.1 Å². The van der Waals surface area contributed by atoms with Gasteiger partial charge in [-0.05, 0) is 49.8 Å². The Kier molecular flexibility index (Phi) is 4.96. The minimum absolute atomic E-state index is 0.154. The second-order valence-corrected chi connectivity index (χ2v) is 8.76. The van der Waals surface area contributed by atoms with Gasteiger partial charge in [-0.25, -0.2) is 0 Å². The first-order valence-corrected chi connectivity index (χ1v) is 10.7. The van der Waals surface area contributed by atoms with Crippen LogP contribution >= 0.6 is 23.1 Å². The largest absolute Gasteiger partial charge is 0.303 e. The van der Waals surface area contributed by atoms with Crippen LogP contribution in [0.5, 0.6) is 0 Å². The van der Waals surface area contributed by atoms with Crippen LogP contribution in [0.2, 0.25) is 0 Å². The number of aromatic nitrogens is 3. The summed E-state index contributed by atoms with van der Waals surface area (Å²) >= 11 is 3.25. The van der Waals surface area contributed by atoms with Crippen molar-refractivity contribution < 1.29 is 4.79 Å². The Hall–Kier alpha value is -1.92.